The van der Waals surface area contributed by atoms with Gasteiger partial charge in [0.15, 0.2) is 5.58 Å². The molecule has 3 aromatic rings. The minimum atomic E-state index is -0.299. The molecule has 1 spiro atoms. The van der Waals surface area contributed by atoms with E-state index in [-0.39, 0.29) is 11.4 Å². The zero-order valence-electron chi connectivity index (χ0n) is 15.9. The van der Waals surface area contributed by atoms with E-state index >= 15 is 0 Å². The van der Waals surface area contributed by atoms with E-state index in [0.29, 0.717) is 10.6 Å². The Kier molecular flexibility index (Phi) is 5.04. The molecule has 152 valence electrons. The second-order valence-corrected chi connectivity index (χ2v) is 9.38. The summed E-state index contributed by atoms with van der Waals surface area (Å²) in [6.07, 6.45) is 4.75. The number of aromatic nitrogens is 1. The summed E-state index contributed by atoms with van der Waals surface area (Å²) >= 11 is 9.90. The van der Waals surface area contributed by atoms with Crippen molar-refractivity contribution in [2.75, 3.05) is 19.6 Å². The van der Waals surface area contributed by atoms with Gasteiger partial charge >= 0.3 is 0 Å². The fourth-order valence-corrected chi connectivity index (χ4v) is 5.45. The van der Waals surface area contributed by atoms with Crippen molar-refractivity contribution in [1.29, 1.82) is 0 Å². The Morgan fingerprint density at radius 3 is 2.86 bits per heavy atom. The number of halogens is 3. The Hall–Kier alpha value is -1.63. The number of rotatable bonds is 4. The molecule has 0 bridgehead atoms. The summed E-state index contributed by atoms with van der Waals surface area (Å²) in [6, 6.07) is 8.62. The molecule has 0 amide bonds. The molecule has 0 unspecified atom stereocenters. The third-order valence-electron chi connectivity index (χ3n) is 6.08. The second-order valence-electron chi connectivity index (χ2n) is 8.05. The molecule has 29 heavy (non-hydrogen) atoms. The highest BCUT2D eigenvalue weighted by atomic mass is 79.9. The first kappa shape index (κ1) is 19.3. The van der Waals surface area contributed by atoms with E-state index in [2.05, 4.69) is 32.1 Å². The molecular weight excluding hydrogens is 459 g/mol. The molecule has 3 heterocycles. The zero-order chi connectivity index (χ0) is 20.0. The Bertz CT molecular complexity index is 1060. The number of likely N-dealkylation sites (tertiary alicyclic amines) is 1. The molecule has 1 aromatic heterocycles. The highest BCUT2D eigenvalue weighted by Crippen LogP contribution is 2.45. The maximum absolute atomic E-state index is 13.3. The van der Waals surface area contributed by atoms with Crippen molar-refractivity contribution in [3.63, 3.8) is 0 Å². The molecule has 1 fully saturated rings. The topological polar surface area (TPSA) is 38.5 Å². The van der Waals surface area contributed by atoms with Gasteiger partial charge in [-0.15, -0.1) is 0 Å². The predicted molar refractivity (Wildman–Crippen MR) is 114 cm³/mol. The van der Waals surface area contributed by atoms with Crippen LogP contribution < -0.4 is 4.74 Å². The molecule has 0 N–H and O–H groups in total. The number of hydrogen-bond acceptors (Lipinski definition) is 4. The molecule has 0 atom stereocenters. The van der Waals surface area contributed by atoms with Crippen LogP contribution in [0.2, 0.25) is 5.02 Å². The SMILES string of the molecule is Fc1ccc2c(CCCN3CCC4(CC3)Cc3cc(Br)cc(Cl)c3O4)noc2c1. The number of nitrogens with zero attached hydrogens (tertiary/aromatic N) is 2. The monoisotopic (exact) mass is 478 g/mol. The number of piperidine rings is 1. The van der Waals surface area contributed by atoms with Gasteiger partial charge in [-0.3, -0.25) is 0 Å². The van der Waals surface area contributed by atoms with Gasteiger partial charge < -0.3 is 14.2 Å². The lowest BCUT2D eigenvalue weighted by Gasteiger charge is -2.38. The van der Waals surface area contributed by atoms with E-state index in [1.165, 1.54) is 17.7 Å². The van der Waals surface area contributed by atoms with Crippen LogP contribution in [0.15, 0.2) is 39.3 Å². The van der Waals surface area contributed by atoms with Crippen LogP contribution in [-0.2, 0) is 12.8 Å². The van der Waals surface area contributed by atoms with E-state index in [1.54, 1.807) is 6.07 Å². The number of aryl methyl sites for hydroxylation is 1. The van der Waals surface area contributed by atoms with Crippen LogP contribution >= 0.6 is 27.5 Å². The summed E-state index contributed by atoms with van der Waals surface area (Å²) in [4.78, 5) is 2.48. The van der Waals surface area contributed by atoms with E-state index in [4.69, 9.17) is 20.9 Å². The minimum Gasteiger partial charge on any atom is -0.485 e. The van der Waals surface area contributed by atoms with Crippen molar-refractivity contribution in [2.24, 2.45) is 0 Å². The Balaban J connectivity index is 1.15. The van der Waals surface area contributed by atoms with E-state index in [0.717, 1.165) is 73.0 Å². The van der Waals surface area contributed by atoms with Crippen molar-refractivity contribution in [1.82, 2.24) is 10.1 Å². The second kappa shape index (κ2) is 7.56. The first-order valence-electron chi connectivity index (χ1n) is 9.94. The quantitative estimate of drug-likeness (QED) is 0.475. The summed E-state index contributed by atoms with van der Waals surface area (Å²) in [5.74, 6) is 0.560. The van der Waals surface area contributed by atoms with Crippen LogP contribution in [0.5, 0.6) is 5.75 Å². The number of benzene rings is 2. The van der Waals surface area contributed by atoms with Gasteiger partial charge in [0.2, 0.25) is 0 Å². The van der Waals surface area contributed by atoms with E-state index in [1.807, 2.05) is 6.07 Å². The summed E-state index contributed by atoms with van der Waals surface area (Å²) in [5.41, 5.74) is 2.51. The fraction of sp³-hybridized carbons (Fsp3) is 0.409. The lowest BCUT2D eigenvalue weighted by atomic mass is 9.87. The summed E-state index contributed by atoms with van der Waals surface area (Å²) < 4.78 is 25.9. The maximum Gasteiger partial charge on any atom is 0.170 e. The third-order valence-corrected chi connectivity index (χ3v) is 6.82. The van der Waals surface area contributed by atoms with Crippen molar-refractivity contribution < 1.29 is 13.7 Å². The summed E-state index contributed by atoms with van der Waals surface area (Å²) in [6.45, 7) is 3.03. The third kappa shape index (κ3) is 3.78. The lowest BCUT2D eigenvalue weighted by molar-refractivity contribution is 0.0192. The van der Waals surface area contributed by atoms with Crippen LogP contribution in [0.3, 0.4) is 0 Å². The van der Waals surface area contributed by atoms with Gasteiger partial charge in [-0.2, -0.15) is 0 Å². The molecule has 2 aliphatic rings. The van der Waals surface area contributed by atoms with Crippen molar-refractivity contribution in [3.8, 4) is 5.75 Å². The zero-order valence-corrected chi connectivity index (χ0v) is 18.2. The Labute approximate surface area is 182 Å². The standard InChI is InChI=1S/C22H21BrClFN2O2/c23-15-10-14-13-22(28-21(14)18(24)11-15)5-8-27(9-6-22)7-1-2-19-17-4-3-16(25)12-20(17)29-26-19/h3-4,10-12H,1-2,5-9,13H2. The first-order valence-corrected chi connectivity index (χ1v) is 11.1. The van der Waals surface area contributed by atoms with Gasteiger partial charge in [-0.05, 0) is 43.7 Å². The van der Waals surface area contributed by atoms with E-state index in [9.17, 15) is 4.39 Å². The van der Waals surface area contributed by atoms with Crippen LogP contribution in [0.1, 0.15) is 30.5 Å². The average molecular weight is 480 g/mol. The van der Waals surface area contributed by atoms with Gasteiger partial charge in [0, 0.05) is 53.8 Å². The van der Waals surface area contributed by atoms with Crippen LogP contribution in [0.25, 0.3) is 11.0 Å². The van der Waals surface area contributed by atoms with Crippen LogP contribution in [-0.4, -0.2) is 35.3 Å². The number of ether oxygens (including phenoxy) is 1. The molecule has 2 aliphatic heterocycles. The molecule has 4 nitrogen and oxygen atoms in total. The highest BCUT2D eigenvalue weighted by Gasteiger charge is 2.42. The lowest BCUT2D eigenvalue weighted by Crippen LogP contribution is -2.47. The van der Waals surface area contributed by atoms with Crippen molar-refractivity contribution in [2.45, 2.75) is 37.7 Å². The molecule has 0 aliphatic carbocycles. The van der Waals surface area contributed by atoms with Crippen LogP contribution in [0.4, 0.5) is 4.39 Å². The largest absolute Gasteiger partial charge is 0.485 e. The normalized spacial score (nSPS) is 18.3. The molecular formula is C22H21BrClFN2O2. The van der Waals surface area contributed by atoms with Gasteiger partial charge in [0.05, 0.1) is 10.7 Å². The van der Waals surface area contributed by atoms with Gasteiger partial charge in [-0.25, -0.2) is 4.39 Å². The number of hydrogen-bond donors (Lipinski definition) is 0. The molecule has 2 aromatic carbocycles. The first-order chi connectivity index (χ1) is 14.0. The van der Waals surface area contributed by atoms with Crippen molar-refractivity contribution >= 4 is 38.5 Å². The summed E-state index contributed by atoms with van der Waals surface area (Å²) in [7, 11) is 0. The predicted octanol–water partition coefficient (Wildman–Crippen LogP) is 5.79. The molecule has 1 saturated heterocycles. The van der Waals surface area contributed by atoms with Crippen LogP contribution in [0, 0.1) is 5.82 Å². The minimum absolute atomic E-state index is 0.115. The molecule has 0 saturated carbocycles. The van der Waals surface area contributed by atoms with Gasteiger partial charge in [0.25, 0.3) is 0 Å². The summed E-state index contributed by atoms with van der Waals surface area (Å²) in [5, 5.41) is 5.71. The molecule has 7 heteroatoms. The van der Waals surface area contributed by atoms with Gasteiger partial charge in [0.1, 0.15) is 17.2 Å². The molecule has 5 rings (SSSR count). The maximum atomic E-state index is 13.3. The van der Waals surface area contributed by atoms with E-state index < -0.39 is 0 Å². The van der Waals surface area contributed by atoms with Gasteiger partial charge in [-0.1, -0.05) is 32.7 Å². The molecule has 0 radical (unpaired) electrons. The average Bonchev–Trinajstić information content (AvgIpc) is 3.25. The fourth-order valence-electron chi connectivity index (χ4n) is 4.54. The smallest absolute Gasteiger partial charge is 0.170 e. The van der Waals surface area contributed by atoms with Crippen molar-refractivity contribution in [3.05, 3.63) is 56.9 Å². The Morgan fingerprint density at radius 2 is 2.03 bits per heavy atom. The highest BCUT2D eigenvalue weighted by molar-refractivity contribution is 9.10. The Morgan fingerprint density at radius 1 is 1.21 bits per heavy atom. The number of fused-ring (bicyclic) bond motifs is 2.